The van der Waals surface area contributed by atoms with E-state index in [9.17, 15) is 4.79 Å². The van der Waals surface area contributed by atoms with Gasteiger partial charge in [-0.2, -0.15) is 4.99 Å². The topological polar surface area (TPSA) is 94.7 Å². The summed E-state index contributed by atoms with van der Waals surface area (Å²) in [5.41, 5.74) is 1.89. The minimum atomic E-state index is -0.0706. The molecule has 0 radical (unpaired) electrons. The highest BCUT2D eigenvalue weighted by Crippen LogP contribution is 2.58. The van der Waals surface area contributed by atoms with Crippen molar-refractivity contribution < 1.29 is 14.3 Å². The van der Waals surface area contributed by atoms with Crippen molar-refractivity contribution in [1.29, 1.82) is 0 Å². The lowest BCUT2D eigenvalue weighted by atomic mass is 9.53. The fourth-order valence-corrected chi connectivity index (χ4v) is 7.32. The molecule has 1 aliphatic heterocycles. The van der Waals surface area contributed by atoms with Crippen LogP contribution in [-0.2, 0) is 10.2 Å². The van der Waals surface area contributed by atoms with Gasteiger partial charge in [-0.15, -0.1) is 0 Å². The maximum Gasteiger partial charge on any atom is 0.305 e. The maximum absolute atomic E-state index is 12.4. The molecule has 0 unspecified atom stereocenters. The molecule has 3 aromatic heterocycles. The number of carbonyl (C=O) groups excluding carboxylic acids is 1. The second kappa shape index (κ2) is 10.8. The van der Waals surface area contributed by atoms with Crippen LogP contribution in [-0.4, -0.2) is 47.7 Å². The van der Waals surface area contributed by atoms with Gasteiger partial charge >= 0.3 is 6.02 Å². The quantitative estimate of drug-likeness (QED) is 0.210. The van der Waals surface area contributed by atoms with Crippen LogP contribution in [0.25, 0.3) is 5.70 Å². The van der Waals surface area contributed by atoms with Crippen molar-refractivity contribution in [1.82, 2.24) is 22.6 Å². The molecular formula is C29H30ClIN6O3. The second-order valence-corrected chi connectivity index (χ2v) is 12.4. The van der Waals surface area contributed by atoms with Gasteiger partial charge in [-0.25, -0.2) is 14.8 Å². The molecule has 0 aromatic carbocycles. The first-order chi connectivity index (χ1) is 19.4. The van der Waals surface area contributed by atoms with Crippen molar-refractivity contribution in [3.63, 3.8) is 0 Å². The van der Waals surface area contributed by atoms with Gasteiger partial charge in [0.1, 0.15) is 11.5 Å². The lowest BCUT2D eigenvalue weighted by Crippen LogP contribution is -2.47. The number of nitrogens with zero attached hydrogens (tertiary/aromatic N) is 6. The first-order valence-corrected chi connectivity index (χ1v) is 15.0. The van der Waals surface area contributed by atoms with Gasteiger partial charge in [0.05, 0.1) is 40.2 Å². The van der Waals surface area contributed by atoms with Gasteiger partial charge in [-0.1, -0.05) is 18.5 Å². The van der Waals surface area contributed by atoms with Crippen molar-refractivity contribution in [3.05, 3.63) is 58.9 Å². The van der Waals surface area contributed by atoms with Crippen LogP contribution in [0.3, 0.4) is 0 Å². The van der Waals surface area contributed by atoms with Crippen molar-refractivity contribution in [2.24, 2.45) is 10.4 Å². The van der Waals surface area contributed by atoms with Gasteiger partial charge in [-0.05, 0) is 70.1 Å². The molecule has 2 bridgehead atoms. The molecule has 3 saturated carbocycles. The van der Waals surface area contributed by atoms with E-state index in [0.29, 0.717) is 53.0 Å². The molecule has 3 fully saturated rings. The number of hydrogen-bond donors (Lipinski definition) is 0. The molecule has 4 heterocycles. The fraction of sp³-hybridized carbons (Fsp3) is 0.448. The number of halogens is 2. The molecule has 9 nitrogen and oxygen atoms in total. The van der Waals surface area contributed by atoms with E-state index in [1.54, 1.807) is 23.4 Å². The Hall–Kier alpha value is -2.95. The first kappa shape index (κ1) is 27.2. The molecule has 0 atom stereocenters. The molecule has 4 aliphatic rings. The lowest BCUT2D eigenvalue weighted by molar-refractivity contribution is -0.00282. The summed E-state index contributed by atoms with van der Waals surface area (Å²) in [6.45, 7) is 5.15. The molecule has 208 valence electrons. The van der Waals surface area contributed by atoms with Gasteiger partial charge in [0, 0.05) is 35.8 Å². The molecule has 3 aliphatic carbocycles. The van der Waals surface area contributed by atoms with Crippen molar-refractivity contribution in [3.8, 4) is 11.6 Å². The molecule has 11 heteroatoms. The van der Waals surface area contributed by atoms with Crippen LogP contribution in [0.15, 0.2) is 41.7 Å². The minimum absolute atomic E-state index is 0.0706. The fourth-order valence-electron chi connectivity index (χ4n) is 6.15. The Labute approximate surface area is 252 Å². The number of amidine groups is 1. The van der Waals surface area contributed by atoms with Gasteiger partial charge in [-0.3, -0.25) is 12.7 Å². The molecular weight excluding hydrogens is 643 g/mol. The monoisotopic (exact) mass is 672 g/mol. The number of aryl methyl sites for hydroxylation is 1. The summed E-state index contributed by atoms with van der Waals surface area (Å²) in [6.07, 6.45) is 10.3. The second-order valence-electron chi connectivity index (χ2n) is 11.0. The largest absolute Gasteiger partial charge is 0.477 e. The minimum Gasteiger partial charge on any atom is -0.477 e. The normalized spacial score (nSPS) is 23.4. The molecule has 40 heavy (non-hydrogen) atoms. The zero-order valence-electron chi connectivity index (χ0n) is 22.5. The number of aromatic nitrogens is 4. The Morgan fingerprint density at radius 2 is 1.90 bits per heavy atom. The third kappa shape index (κ3) is 4.80. The van der Waals surface area contributed by atoms with Crippen LogP contribution in [0.2, 0.25) is 5.02 Å². The molecule has 3 aromatic rings. The van der Waals surface area contributed by atoms with E-state index in [1.807, 2.05) is 27.9 Å². The predicted molar refractivity (Wildman–Crippen MR) is 161 cm³/mol. The highest BCUT2D eigenvalue weighted by Gasteiger charge is 2.52. The Morgan fingerprint density at radius 3 is 2.55 bits per heavy atom. The summed E-state index contributed by atoms with van der Waals surface area (Å²) in [4.78, 5) is 32.7. The van der Waals surface area contributed by atoms with Crippen molar-refractivity contribution in [2.45, 2.75) is 64.2 Å². The van der Waals surface area contributed by atoms with E-state index < -0.39 is 0 Å². The van der Waals surface area contributed by atoms with Gasteiger partial charge in [0.15, 0.2) is 23.2 Å². The van der Waals surface area contributed by atoms with E-state index in [4.69, 9.17) is 31.1 Å². The number of fused-ring (bicyclic) bond motifs is 4. The van der Waals surface area contributed by atoms with E-state index in [2.05, 4.69) is 45.7 Å². The number of hydrogen-bond acceptors (Lipinski definition) is 8. The Morgan fingerprint density at radius 1 is 1.12 bits per heavy atom. The maximum atomic E-state index is 12.4. The lowest BCUT2D eigenvalue weighted by Gasteiger charge is -2.52. The SMILES string of the molecule is CCCN1C(=C=O)c2c(nc(C34CCC(COc5ccc(Cl)cn5)(CC3)CC4)n2I)N=C1Oc1cccnc1C. The first-order valence-electron chi connectivity index (χ1n) is 13.6. The Balaban J connectivity index is 1.28. The third-order valence-electron chi connectivity index (χ3n) is 8.54. The molecule has 0 N–H and O–H groups in total. The molecule has 0 amide bonds. The van der Waals surface area contributed by atoms with Crippen LogP contribution in [0.1, 0.15) is 69.1 Å². The number of rotatable bonds is 7. The summed E-state index contributed by atoms with van der Waals surface area (Å²) >= 11 is 8.25. The van der Waals surface area contributed by atoms with Crippen LogP contribution in [0, 0.1) is 12.3 Å². The van der Waals surface area contributed by atoms with E-state index in [0.717, 1.165) is 56.5 Å². The average Bonchev–Trinajstić information content (AvgIpc) is 3.31. The third-order valence-corrected chi connectivity index (χ3v) is 9.70. The zero-order valence-corrected chi connectivity index (χ0v) is 25.4. The van der Waals surface area contributed by atoms with Crippen molar-refractivity contribution in [2.75, 3.05) is 13.2 Å². The van der Waals surface area contributed by atoms with E-state index in [-0.39, 0.29) is 10.8 Å². The van der Waals surface area contributed by atoms with Crippen LogP contribution in [0.4, 0.5) is 5.82 Å². The zero-order chi connectivity index (χ0) is 27.9. The van der Waals surface area contributed by atoms with Crippen LogP contribution in [0.5, 0.6) is 11.6 Å². The average molecular weight is 673 g/mol. The summed E-state index contributed by atoms with van der Waals surface area (Å²) in [6, 6.07) is 7.61. The van der Waals surface area contributed by atoms with Gasteiger partial charge < -0.3 is 9.47 Å². The summed E-state index contributed by atoms with van der Waals surface area (Å²) in [5, 5.41) is 0.600. The summed E-state index contributed by atoms with van der Waals surface area (Å²) in [7, 11) is 0. The molecule has 7 rings (SSSR count). The Bertz CT molecular complexity index is 1490. The number of ether oxygens (including phenoxy) is 2. The van der Waals surface area contributed by atoms with Gasteiger partial charge in [0.25, 0.3) is 0 Å². The standard InChI is InChI=1S/C29H30ClIN6O3/c1-3-15-36-21(17-38)24-25(35-27(36)40-22-5-4-14-32-19(22)2)34-26(37(24)31)29-11-8-28(9-12-29,10-13-29)18-39-23-7-6-20(30)16-33-23/h4-7,14,16H,3,8-13,15,18H2,1-2H3. The molecule has 0 spiro atoms. The number of imidazole rings is 1. The van der Waals surface area contributed by atoms with E-state index in [1.165, 1.54) is 0 Å². The highest BCUT2D eigenvalue weighted by atomic mass is 127. The summed E-state index contributed by atoms with van der Waals surface area (Å²) in [5.74, 6) is 4.86. The number of pyridine rings is 2. The predicted octanol–water partition coefficient (Wildman–Crippen LogP) is 6.47. The molecule has 0 saturated heterocycles. The van der Waals surface area contributed by atoms with E-state index >= 15 is 0 Å². The van der Waals surface area contributed by atoms with Gasteiger partial charge in [0.2, 0.25) is 5.88 Å². The smallest absolute Gasteiger partial charge is 0.305 e. The van der Waals surface area contributed by atoms with Crippen LogP contribution < -0.4 is 9.47 Å². The van der Waals surface area contributed by atoms with Crippen molar-refractivity contribution >= 4 is 57.9 Å². The Kier molecular flexibility index (Phi) is 7.35. The van der Waals surface area contributed by atoms with Crippen LogP contribution >= 0.6 is 34.5 Å². The summed E-state index contributed by atoms with van der Waals surface area (Å²) < 4.78 is 14.4. The highest BCUT2D eigenvalue weighted by molar-refractivity contribution is 14.1. The number of aliphatic imine (C=N–C) groups is 1.